The highest BCUT2D eigenvalue weighted by atomic mass is 35.5. The number of fused-ring (bicyclic) bond motifs is 1. The van der Waals surface area contributed by atoms with Gasteiger partial charge in [0.1, 0.15) is 10.9 Å². The van der Waals surface area contributed by atoms with Crippen LogP contribution in [-0.4, -0.2) is 5.04 Å². The molecule has 0 fully saturated rings. The van der Waals surface area contributed by atoms with Crippen LogP contribution in [0.15, 0.2) is 77.8 Å². The van der Waals surface area contributed by atoms with Crippen molar-refractivity contribution in [1.82, 2.24) is 0 Å². The SMILES string of the molecule is Fc1ccc(/C=C2\SC(=Nc3ccc(Cl)cc3)c3ccccc32)cc1. The molecule has 0 amide bonds. The van der Waals surface area contributed by atoms with Crippen molar-refractivity contribution in [3.8, 4) is 0 Å². The fourth-order valence-corrected chi connectivity index (χ4v) is 3.89. The first-order valence-corrected chi connectivity index (χ1v) is 8.98. The van der Waals surface area contributed by atoms with Gasteiger partial charge >= 0.3 is 0 Å². The van der Waals surface area contributed by atoms with E-state index >= 15 is 0 Å². The molecule has 4 rings (SSSR count). The van der Waals surface area contributed by atoms with E-state index in [1.165, 1.54) is 12.1 Å². The van der Waals surface area contributed by atoms with Gasteiger partial charge in [-0.25, -0.2) is 9.38 Å². The van der Waals surface area contributed by atoms with Crippen molar-refractivity contribution < 1.29 is 4.39 Å². The molecular formula is C21H13ClFNS. The Morgan fingerprint density at radius 2 is 1.52 bits per heavy atom. The molecule has 0 saturated carbocycles. The topological polar surface area (TPSA) is 12.4 Å². The van der Waals surface area contributed by atoms with Crippen LogP contribution in [-0.2, 0) is 0 Å². The predicted molar refractivity (Wildman–Crippen MR) is 106 cm³/mol. The summed E-state index contributed by atoms with van der Waals surface area (Å²) in [5, 5.41) is 1.65. The molecule has 3 aromatic rings. The van der Waals surface area contributed by atoms with Crippen molar-refractivity contribution in [1.29, 1.82) is 0 Å². The van der Waals surface area contributed by atoms with Crippen LogP contribution in [0.5, 0.6) is 0 Å². The molecule has 122 valence electrons. The van der Waals surface area contributed by atoms with Crippen LogP contribution >= 0.6 is 23.4 Å². The monoisotopic (exact) mass is 365 g/mol. The number of benzene rings is 3. The third-order valence-corrected chi connectivity index (χ3v) is 5.17. The minimum atomic E-state index is -0.230. The summed E-state index contributed by atoms with van der Waals surface area (Å²) in [6.45, 7) is 0. The number of halogens is 2. The van der Waals surface area contributed by atoms with E-state index in [2.05, 4.69) is 18.2 Å². The zero-order valence-corrected chi connectivity index (χ0v) is 14.7. The Hall–Kier alpha value is -2.36. The lowest BCUT2D eigenvalue weighted by molar-refractivity contribution is 0.628. The fourth-order valence-electron chi connectivity index (χ4n) is 2.63. The Kier molecular flexibility index (Phi) is 4.43. The summed E-state index contributed by atoms with van der Waals surface area (Å²) in [6, 6.07) is 22.2. The average molecular weight is 366 g/mol. The highest BCUT2D eigenvalue weighted by Crippen LogP contribution is 2.43. The van der Waals surface area contributed by atoms with Crippen LogP contribution in [0.4, 0.5) is 10.1 Å². The number of rotatable bonds is 2. The van der Waals surface area contributed by atoms with Crippen LogP contribution in [0.3, 0.4) is 0 Å². The van der Waals surface area contributed by atoms with Gasteiger partial charge in [0.05, 0.1) is 5.69 Å². The zero-order valence-electron chi connectivity index (χ0n) is 13.1. The van der Waals surface area contributed by atoms with Gasteiger partial charge in [0, 0.05) is 15.5 Å². The van der Waals surface area contributed by atoms with Crippen molar-refractivity contribution in [3.63, 3.8) is 0 Å². The Morgan fingerprint density at radius 3 is 2.24 bits per heavy atom. The van der Waals surface area contributed by atoms with Gasteiger partial charge in [-0.3, -0.25) is 0 Å². The largest absolute Gasteiger partial charge is 0.241 e. The highest BCUT2D eigenvalue weighted by molar-refractivity contribution is 8.23. The molecule has 3 aromatic carbocycles. The lowest BCUT2D eigenvalue weighted by atomic mass is 10.1. The van der Waals surface area contributed by atoms with E-state index in [1.54, 1.807) is 23.9 Å². The second-order valence-electron chi connectivity index (χ2n) is 5.60. The zero-order chi connectivity index (χ0) is 17.2. The molecule has 25 heavy (non-hydrogen) atoms. The maximum absolute atomic E-state index is 13.1. The summed E-state index contributed by atoms with van der Waals surface area (Å²) < 4.78 is 13.1. The van der Waals surface area contributed by atoms with Crippen LogP contribution in [0.1, 0.15) is 16.7 Å². The predicted octanol–water partition coefficient (Wildman–Crippen LogP) is 6.80. The molecule has 0 atom stereocenters. The highest BCUT2D eigenvalue weighted by Gasteiger charge is 2.23. The minimum Gasteiger partial charge on any atom is -0.241 e. The molecule has 0 aromatic heterocycles. The van der Waals surface area contributed by atoms with E-state index < -0.39 is 0 Å². The van der Waals surface area contributed by atoms with Gasteiger partial charge < -0.3 is 0 Å². The molecule has 0 saturated heterocycles. The van der Waals surface area contributed by atoms with Crippen LogP contribution in [0.25, 0.3) is 11.0 Å². The summed E-state index contributed by atoms with van der Waals surface area (Å²) >= 11 is 7.57. The van der Waals surface area contributed by atoms with Crippen LogP contribution < -0.4 is 0 Å². The first-order valence-electron chi connectivity index (χ1n) is 7.78. The standard InChI is InChI=1S/C21H13ClFNS/c22-15-7-11-17(12-8-15)24-21-19-4-2-1-3-18(19)20(25-21)13-14-5-9-16(23)10-6-14/h1-13H/b20-13-,24-21?. The van der Waals surface area contributed by atoms with Crippen molar-refractivity contribution in [2.45, 2.75) is 0 Å². The van der Waals surface area contributed by atoms with Crippen LogP contribution in [0.2, 0.25) is 5.02 Å². The summed E-state index contributed by atoms with van der Waals surface area (Å²) in [4.78, 5) is 5.87. The maximum Gasteiger partial charge on any atom is 0.123 e. The molecule has 1 nitrogen and oxygen atoms in total. The first-order chi connectivity index (χ1) is 12.2. The Labute approximate surface area is 154 Å². The van der Waals surface area contributed by atoms with E-state index in [0.29, 0.717) is 5.02 Å². The van der Waals surface area contributed by atoms with Gasteiger partial charge in [-0.1, -0.05) is 59.8 Å². The molecule has 0 spiro atoms. The lowest BCUT2D eigenvalue weighted by Gasteiger charge is -1.99. The van der Waals surface area contributed by atoms with Gasteiger partial charge in [0.15, 0.2) is 0 Å². The Bertz CT molecular complexity index is 895. The first kappa shape index (κ1) is 16.1. The van der Waals surface area contributed by atoms with Gasteiger partial charge in [0.2, 0.25) is 0 Å². The molecule has 0 unspecified atom stereocenters. The van der Waals surface area contributed by atoms with E-state index in [-0.39, 0.29) is 5.82 Å². The minimum absolute atomic E-state index is 0.230. The van der Waals surface area contributed by atoms with Gasteiger partial charge in [-0.2, -0.15) is 0 Å². The van der Waals surface area contributed by atoms with Gasteiger partial charge in [-0.05, 0) is 53.6 Å². The van der Waals surface area contributed by atoms with Crippen molar-refractivity contribution in [3.05, 3.63) is 100 Å². The molecule has 1 aliphatic rings. The molecule has 0 radical (unpaired) electrons. The van der Waals surface area contributed by atoms with Gasteiger partial charge in [-0.15, -0.1) is 0 Å². The molecule has 0 bridgehead atoms. The Morgan fingerprint density at radius 1 is 0.840 bits per heavy atom. The summed E-state index contributed by atoms with van der Waals surface area (Å²) in [7, 11) is 0. The number of nitrogens with zero attached hydrogens (tertiary/aromatic N) is 1. The number of hydrogen-bond acceptors (Lipinski definition) is 2. The molecule has 4 heteroatoms. The second kappa shape index (κ2) is 6.87. The normalized spacial score (nSPS) is 16.4. The summed E-state index contributed by atoms with van der Waals surface area (Å²) in [5.41, 5.74) is 4.08. The van der Waals surface area contributed by atoms with Crippen molar-refractivity contribution >= 4 is 45.1 Å². The van der Waals surface area contributed by atoms with Gasteiger partial charge in [0.25, 0.3) is 0 Å². The molecular weight excluding hydrogens is 353 g/mol. The third-order valence-electron chi connectivity index (χ3n) is 3.85. The van der Waals surface area contributed by atoms with E-state index in [1.807, 2.05) is 36.4 Å². The van der Waals surface area contributed by atoms with E-state index in [0.717, 1.165) is 32.3 Å². The molecule has 0 N–H and O–H groups in total. The quantitative estimate of drug-likeness (QED) is 0.486. The summed E-state index contributed by atoms with van der Waals surface area (Å²) in [6.07, 6.45) is 2.06. The Balaban J connectivity index is 1.75. The molecule has 1 heterocycles. The molecule has 1 aliphatic heterocycles. The number of hydrogen-bond donors (Lipinski definition) is 0. The average Bonchev–Trinajstić information content (AvgIpc) is 2.97. The second-order valence-corrected chi connectivity index (χ2v) is 7.07. The lowest BCUT2D eigenvalue weighted by Crippen LogP contribution is -1.89. The number of aliphatic imine (C=N–C) groups is 1. The third kappa shape index (κ3) is 3.53. The van der Waals surface area contributed by atoms with Crippen molar-refractivity contribution in [2.24, 2.45) is 4.99 Å². The number of thioether (sulfide) groups is 1. The fraction of sp³-hybridized carbons (Fsp3) is 0. The summed E-state index contributed by atoms with van der Waals surface area (Å²) in [5.74, 6) is -0.230. The van der Waals surface area contributed by atoms with Crippen LogP contribution in [0, 0.1) is 5.82 Å². The maximum atomic E-state index is 13.1. The van der Waals surface area contributed by atoms with E-state index in [4.69, 9.17) is 16.6 Å². The molecule has 0 aliphatic carbocycles. The van der Waals surface area contributed by atoms with Crippen molar-refractivity contribution in [2.75, 3.05) is 0 Å². The van der Waals surface area contributed by atoms with E-state index in [9.17, 15) is 4.39 Å². The smallest absolute Gasteiger partial charge is 0.123 e.